The van der Waals surface area contributed by atoms with Gasteiger partial charge in [0.15, 0.2) is 11.4 Å². The van der Waals surface area contributed by atoms with E-state index >= 15 is 0 Å². The SMILES string of the molecule is CN(C)c1ccc(C(=C2C=CC(=[N+](C)C)C=C2)c2ccc(N(C)C)cc2)cc1.CN(C)c1ccc(C(=C2C=CC(=[N+](C)C)C=C2)c2ccc(N(C)C)cc2)cc1.CN=C1C=CC(=C(c2ccc(N(C)C)cc2)c2ccc(N(C)C)cc2)C=C1. The van der Waals surface area contributed by atoms with Crippen molar-refractivity contribution in [2.75, 3.05) is 149 Å². The summed E-state index contributed by atoms with van der Waals surface area (Å²) in [5.74, 6) is 0. The molecule has 6 aromatic carbocycles. The molecule has 0 saturated carbocycles. The zero-order chi connectivity index (χ0) is 59.9. The molecule has 0 saturated heterocycles. The molecular weight excluding hydrogens is 1010 g/mol. The highest BCUT2D eigenvalue weighted by Gasteiger charge is 2.17. The van der Waals surface area contributed by atoms with Gasteiger partial charge in [0.05, 0.1) is 5.71 Å². The van der Waals surface area contributed by atoms with Crippen molar-refractivity contribution in [1.82, 2.24) is 0 Å². The molecule has 0 bridgehead atoms. The van der Waals surface area contributed by atoms with Gasteiger partial charge in [-0.1, -0.05) is 84.9 Å². The van der Waals surface area contributed by atoms with Crippen LogP contribution in [-0.4, -0.2) is 146 Å². The summed E-state index contributed by atoms with van der Waals surface area (Å²) < 4.78 is 4.25. The van der Waals surface area contributed by atoms with E-state index in [1.54, 1.807) is 0 Å². The van der Waals surface area contributed by atoms with Gasteiger partial charge in [0.2, 0.25) is 0 Å². The van der Waals surface area contributed by atoms with Crippen LogP contribution in [0.2, 0.25) is 0 Å². The van der Waals surface area contributed by atoms with Crippen molar-refractivity contribution in [2.45, 2.75) is 0 Å². The quantitative estimate of drug-likeness (QED) is 0.114. The van der Waals surface area contributed by atoms with E-state index in [-0.39, 0.29) is 0 Å². The van der Waals surface area contributed by atoms with E-state index in [4.69, 9.17) is 0 Å². The molecule has 9 heteroatoms. The molecule has 3 aliphatic carbocycles. The van der Waals surface area contributed by atoms with Crippen LogP contribution in [0.5, 0.6) is 0 Å². The molecule has 0 atom stereocenters. The Morgan fingerprint density at radius 1 is 0.253 bits per heavy atom. The Kier molecular flexibility index (Phi) is 21.1. The van der Waals surface area contributed by atoms with Crippen molar-refractivity contribution in [1.29, 1.82) is 0 Å². The first-order valence-corrected chi connectivity index (χ1v) is 28.3. The van der Waals surface area contributed by atoms with Crippen LogP contribution in [0.15, 0.2) is 240 Å². The zero-order valence-electron chi connectivity index (χ0n) is 52.3. The second-order valence-electron chi connectivity index (χ2n) is 22.4. The molecule has 0 fully saturated rings. The number of benzene rings is 6. The highest BCUT2D eigenvalue weighted by Crippen LogP contribution is 2.35. The number of nitrogens with zero attached hydrogens (tertiary/aromatic N) is 9. The fraction of sp³-hybridized carbons (Fsp3) is 0.230. The van der Waals surface area contributed by atoms with E-state index in [0.717, 1.165) is 5.71 Å². The third kappa shape index (κ3) is 16.0. The summed E-state index contributed by atoms with van der Waals surface area (Å²) >= 11 is 0. The number of allylic oxidation sites excluding steroid dienone is 15. The van der Waals surface area contributed by atoms with Gasteiger partial charge in [-0.2, -0.15) is 0 Å². The van der Waals surface area contributed by atoms with Gasteiger partial charge in [-0.15, -0.1) is 0 Å². The second kappa shape index (κ2) is 28.5. The maximum atomic E-state index is 4.26. The minimum absolute atomic E-state index is 0.990. The smallest absolute Gasteiger partial charge is 0.199 e. The minimum Gasteiger partial charge on any atom is -0.378 e. The number of hydrogen-bond acceptors (Lipinski definition) is 7. The van der Waals surface area contributed by atoms with Gasteiger partial charge in [0.25, 0.3) is 0 Å². The fourth-order valence-electron chi connectivity index (χ4n) is 9.69. The minimum atomic E-state index is 0.990. The van der Waals surface area contributed by atoms with Crippen LogP contribution in [0.1, 0.15) is 33.4 Å². The number of aliphatic imine (C=N–C) groups is 1. The van der Waals surface area contributed by atoms with Gasteiger partial charge in [-0.25, -0.2) is 9.15 Å². The van der Waals surface area contributed by atoms with Crippen LogP contribution in [0.25, 0.3) is 16.7 Å². The molecule has 426 valence electrons. The summed E-state index contributed by atoms with van der Waals surface area (Å²) in [5, 5.41) is 0. The molecule has 0 aliphatic heterocycles. The third-order valence-corrected chi connectivity index (χ3v) is 14.8. The molecule has 83 heavy (non-hydrogen) atoms. The topological polar surface area (TPSA) is 37.8 Å². The second-order valence-corrected chi connectivity index (χ2v) is 22.4. The molecule has 0 N–H and O–H groups in total. The largest absolute Gasteiger partial charge is 0.378 e. The number of rotatable bonds is 12. The predicted octanol–water partition coefficient (Wildman–Crippen LogP) is 13.7. The maximum Gasteiger partial charge on any atom is 0.199 e. The molecular formula is C74H87N9+2. The van der Waals surface area contributed by atoms with E-state index in [9.17, 15) is 0 Å². The number of hydrogen-bond donors (Lipinski definition) is 0. The highest BCUT2D eigenvalue weighted by molar-refractivity contribution is 6.07. The molecule has 0 heterocycles. The summed E-state index contributed by atoms with van der Waals surface area (Å²) in [6.07, 6.45) is 26.0. The zero-order valence-corrected chi connectivity index (χ0v) is 52.3. The maximum absolute atomic E-state index is 4.26. The van der Waals surface area contributed by atoms with Crippen molar-refractivity contribution >= 4 is 68.0 Å². The lowest BCUT2D eigenvalue weighted by atomic mass is 9.90. The summed E-state index contributed by atoms with van der Waals surface area (Å²) in [6.45, 7) is 0. The average molecular weight is 1100 g/mol. The Bertz CT molecular complexity index is 3200. The monoisotopic (exact) mass is 1100 g/mol. The molecule has 0 radical (unpaired) electrons. The number of anilines is 6. The van der Waals surface area contributed by atoms with Crippen molar-refractivity contribution in [3.63, 3.8) is 0 Å². The van der Waals surface area contributed by atoms with E-state index in [1.807, 2.05) is 7.05 Å². The van der Waals surface area contributed by atoms with Crippen LogP contribution < -0.4 is 29.4 Å². The Morgan fingerprint density at radius 2 is 0.422 bits per heavy atom. The molecule has 9 nitrogen and oxygen atoms in total. The normalized spacial score (nSPS) is 12.9. The predicted molar refractivity (Wildman–Crippen MR) is 365 cm³/mol. The van der Waals surface area contributed by atoms with Crippen molar-refractivity contribution in [2.24, 2.45) is 4.99 Å². The summed E-state index contributed by atoms with van der Waals surface area (Å²) in [6, 6.07) is 52.6. The van der Waals surface area contributed by atoms with Crippen LogP contribution in [0.3, 0.4) is 0 Å². The van der Waals surface area contributed by atoms with Crippen LogP contribution >= 0.6 is 0 Å². The van der Waals surface area contributed by atoms with Crippen molar-refractivity contribution in [3.8, 4) is 0 Å². The Hall–Kier alpha value is -9.21. The highest BCUT2D eigenvalue weighted by atomic mass is 15.1. The Morgan fingerprint density at radius 3 is 0.566 bits per heavy atom. The lowest BCUT2D eigenvalue weighted by molar-refractivity contribution is -0.462. The summed E-state index contributed by atoms with van der Waals surface area (Å²) in [7, 11) is 34.9. The molecule has 0 amide bonds. The van der Waals surface area contributed by atoms with Gasteiger partial charge >= 0.3 is 0 Å². The Balaban J connectivity index is 0.000000179. The van der Waals surface area contributed by atoms with E-state index in [0.29, 0.717) is 0 Å². The first-order valence-electron chi connectivity index (χ1n) is 28.3. The van der Waals surface area contributed by atoms with Gasteiger partial charge < -0.3 is 29.4 Å². The third-order valence-electron chi connectivity index (χ3n) is 14.8. The van der Waals surface area contributed by atoms with E-state index < -0.39 is 0 Å². The van der Waals surface area contributed by atoms with Crippen LogP contribution in [0.4, 0.5) is 34.1 Å². The van der Waals surface area contributed by atoms with Gasteiger partial charge in [0, 0.05) is 150 Å². The summed E-state index contributed by atoms with van der Waals surface area (Å²) in [5.41, 5.74) is 25.3. The lowest BCUT2D eigenvalue weighted by Crippen LogP contribution is -2.10. The Labute approximate surface area is 497 Å². The van der Waals surface area contributed by atoms with Gasteiger partial charge in [0.1, 0.15) is 28.2 Å². The standard InChI is InChI=1S/2C25H30N3.C24H27N3/c2*1-26(2)22-13-7-19(8-14-22)25(20-9-15-23(16-10-20)27(3)4)21-11-17-24(18-12-21)28(5)6;1-25-21-12-6-18(7-13-21)24(19-8-14-22(15-9-19)26(2)3)20-10-16-23(17-11-20)27(4)5/h2*7-18H,1-6H3;6-17H,1-5H3/q2*+1;. The van der Waals surface area contributed by atoms with Gasteiger partial charge in [-0.05, 0) is 176 Å². The van der Waals surface area contributed by atoms with Crippen molar-refractivity contribution < 1.29 is 9.15 Å². The van der Waals surface area contributed by atoms with Crippen LogP contribution in [0, 0.1) is 0 Å². The molecule has 9 rings (SSSR count). The lowest BCUT2D eigenvalue weighted by Gasteiger charge is -2.18. The van der Waals surface area contributed by atoms with Gasteiger partial charge in [-0.3, -0.25) is 4.99 Å². The van der Waals surface area contributed by atoms with E-state index in [1.165, 1.54) is 112 Å². The molecule has 0 spiro atoms. The average Bonchev–Trinajstić information content (AvgIpc) is 3.51. The summed E-state index contributed by atoms with van der Waals surface area (Å²) in [4.78, 5) is 17.0. The molecule has 6 aromatic rings. The molecule has 3 aliphatic rings. The van der Waals surface area contributed by atoms with Crippen molar-refractivity contribution in [3.05, 3.63) is 269 Å². The fourth-order valence-corrected chi connectivity index (χ4v) is 9.69. The molecule has 0 aromatic heterocycles. The first kappa shape index (κ1) is 61.4. The van der Waals surface area contributed by atoms with Crippen LogP contribution in [-0.2, 0) is 0 Å². The molecule has 0 unspecified atom stereocenters. The first-order chi connectivity index (χ1) is 39.7. The van der Waals surface area contributed by atoms with E-state index in [2.05, 4.69) is 375 Å².